The van der Waals surface area contributed by atoms with E-state index < -0.39 is 0 Å². The van der Waals surface area contributed by atoms with Crippen LogP contribution in [0.4, 0.5) is 5.69 Å². The molecule has 2 aromatic carbocycles. The van der Waals surface area contributed by atoms with Crippen molar-refractivity contribution in [2.75, 3.05) is 5.73 Å². The molecule has 0 heterocycles. The van der Waals surface area contributed by atoms with Crippen LogP contribution in [0.5, 0.6) is 0 Å². The largest absolute Gasteiger partial charge is 0.399 e. The zero-order valence-electron chi connectivity index (χ0n) is 8.60. The molecule has 15 heavy (non-hydrogen) atoms. The molecule has 0 amide bonds. The first kappa shape index (κ1) is 11.6. The Balaban J connectivity index is 0.00000112. The standard InChI is InChI=1S/C13H13N.ClH/c1-10-3-2-4-12(9-10)11-5-7-13(14)8-6-11;/h2-9H,14H2,1H3;1H. The SMILES string of the molecule is Cc1cccc(-c2ccc(N)cc2)c1.Cl. The number of nitrogens with two attached hydrogens (primary N) is 1. The normalized spacial score (nSPS) is 9.40. The van der Waals surface area contributed by atoms with Crippen LogP contribution in [0.25, 0.3) is 11.1 Å². The number of hydrogen-bond donors (Lipinski definition) is 1. The van der Waals surface area contributed by atoms with Gasteiger partial charge in [0.05, 0.1) is 0 Å². The number of aryl methyl sites for hydroxylation is 1. The zero-order valence-corrected chi connectivity index (χ0v) is 9.42. The summed E-state index contributed by atoms with van der Waals surface area (Å²) in [7, 11) is 0. The molecule has 0 atom stereocenters. The third-order valence-electron chi connectivity index (χ3n) is 2.26. The van der Waals surface area contributed by atoms with Crippen LogP contribution in [0, 0.1) is 6.92 Å². The molecule has 0 radical (unpaired) electrons. The minimum absolute atomic E-state index is 0. The van der Waals surface area contributed by atoms with Crippen molar-refractivity contribution in [2.45, 2.75) is 6.92 Å². The summed E-state index contributed by atoms with van der Waals surface area (Å²) in [5, 5.41) is 0. The first-order valence-corrected chi connectivity index (χ1v) is 4.68. The summed E-state index contributed by atoms with van der Waals surface area (Å²) in [6.45, 7) is 2.10. The Morgan fingerprint density at radius 1 is 0.867 bits per heavy atom. The van der Waals surface area contributed by atoms with E-state index >= 15 is 0 Å². The van der Waals surface area contributed by atoms with Gasteiger partial charge in [0.15, 0.2) is 0 Å². The Bertz CT molecular complexity index is 435. The number of anilines is 1. The maximum atomic E-state index is 5.63. The molecule has 2 N–H and O–H groups in total. The third kappa shape index (κ3) is 2.74. The summed E-state index contributed by atoms with van der Waals surface area (Å²) in [5.74, 6) is 0. The monoisotopic (exact) mass is 219 g/mol. The summed E-state index contributed by atoms with van der Waals surface area (Å²) in [5.41, 5.74) is 10.2. The molecule has 0 saturated carbocycles. The molecule has 0 spiro atoms. The molecular weight excluding hydrogens is 206 g/mol. The van der Waals surface area contributed by atoms with E-state index in [-0.39, 0.29) is 12.4 Å². The van der Waals surface area contributed by atoms with E-state index in [9.17, 15) is 0 Å². The van der Waals surface area contributed by atoms with Gasteiger partial charge in [-0.15, -0.1) is 12.4 Å². The van der Waals surface area contributed by atoms with Gasteiger partial charge in [0.25, 0.3) is 0 Å². The lowest BCUT2D eigenvalue weighted by Crippen LogP contribution is -1.84. The highest BCUT2D eigenvalue weighted by molar-refractivity contribution is 5.85. The molecule has 0 unspecified atom stereocenters. The Morgan fingerprint density at radius 2 is 1.53 bits per heavy atom. The fraction of sp³-hybridized carbons (Fsp3) is 0.0769. The highest BCUT2D eigenvalue weighted by atomic mass is 35.5. The molecule has 0 bridgehead atoms. The van der Waals surface area contributed by atoms with Gasteiger partial charge < -0.3 is 5.73 Å². The molecule has 0 aliphatic rings. The lowest BCUT2D eigenvalue weighted by Gasteiger charge is -2.02. The number of hydrogen-bond acceptors (Lipinski definition) is 1. The van der Waals surface area contributed by atoms with Crippen LogP contribution in [0.2, 0.25) is 0 Å². The number of benzene rings is 2. The molecule has 78 valence electrons. The Morgan fingerprint density at radius 3 is 2.13 bits per heavy atom. The van der Waals surface area contributed by atoms with Crippen LogP contribution in [-0.4, -0.2) is 0 Å². The summed E-state index contributed by atoms with van der Waals surface area (Å²) in [6.07, 6.45) is 0. The summed E-state index contributed by atoms with van der Waals surface area (Å²) in [4.78, 5) is 0. The molecule has 0 aromatic heterocycles. The summed E-state index contributed by atoms with van der Waals surface area (Å²) < 4.78 is 0. The molecule has 2 heteroatoms. The van der Waals surface area contributed by atoms with Gasteiger partial charge in [0.1, 0.15) is 0 Å². The first-order valence-electron chi connectivity index (χ1n) is 4.68. The minimum Gasteiger partial charge on any atom is -0.399 e. The minimum atomic E-state index is 0. The number of nitrogen functional groups attached to an aromatic ring is 1. The second kappa shape index (κ2) is 4.85. The Kier molecular flexibility index (Phi) is 3.75. The molecule has 0 saturated heterocycles. The Labute approximate surface area is 96.3 Å². The van der Waals surface area contributed by atoms with Gasteiger partial charge in [-0.05, 0) is 30.2 Å². The van der Waals surface area contributed by atoms with E-state index in [2.05, 4.69) is 31.2 Å². The fourth-order valence-electron chi connectivity index (χ4n) is 1.50. The smallest absolute Gasteiger partial charge is 0.0314 e. The lowest BCUT2D eigenvalue weighted by atomic mass is 10.0. The first-order chi connectivity index (χ1) is 6.75. The van der Waals surface area contributed by atoms with Gasteiger partial charge in [0.2, 0.25) is 0 Å². The summed E-state index contributed by atoms with van der Waals surface area (Å²) >= 11 is 0. The average molecular weight is 220 g/mol. The van der Waals surface area contributed by atoms with Crippen molar-refractivity contribution in [3.63, 3.8) is 0 Å². The van der Waals surface area contributed by atoms with Crippen LogP contribution in [0.15, 0.2) is 48.5 Å². The topological polar surface area (TPSA) is 26.0 Å². The molecule has 1 nitrogen and oxygen atoms in total. The van der Waals surface area contributed by atoms with Gasteiger partial charge in [-0.3, -0.25) is 0 Å². The van der Waals surface area contributed by atoms with Gasteiger partial charge in [-0.1, -0.05) is 42.0 Å². The molecule has 0 aliphatic heterocycles. The van der Waals surface area contributed by atoms with Crippen molar-refractivity contribution in [1.29, 1.82) is 0 Å². The quantitative estimate of drug-likeness (QED) is 0.728. The third-order valence-corrected chi connectivity index (χ3v) is 2.26. The van der Waals surface area contributed by atoms with Crippen molar-refractivity contribution < 1.29 is 0 Å². The maximum Gasteiger partial charge on any atom is 0.0314 e. The number of halogens is 1. The van der Waals surface area contributed by atoms with E-state index in [4.69, 9.17) is 5.73 Å². The second-order valence-corrected chi connectivity index (χ2v) is 3.49. The molecule has 2 aromatic rings. The van der Waals surface area contributed by atoms with Crippen LogP contribution in [0.3, 0.4) is 0 Å². The Hall–Kier alpha value is -1.47. The van der Waals surface area contributed by atoms with Crippen molar-refractivity contribution in [2.24, 2.45) is 0 Å². The zero-order chi connectivity index (χ0) is 9.97. The average Bonchev–Trinajstić information content (AvgIpc) is 2.19. The van der Waals surface area contributed by atoms with Gasteiger partial charge >= 0.3 is 0 Å². The predicted molar refractivity (Wildman–Crippen MR) is 68.3 cm³/mol. The van der Waals surface area contributed by atoms with Crippen molar-refractivity contribution in [3.05, 3.63) is 54.1 Å². The maximum absolute atomic E-state index is 5.63. The summed E-state index contributed by atoms with van der Waals surface area (Å²) in [6, 6.07) is 16.4. The van der Waals surface area contributed by atoms with E-state index in [1.165, 1.54) is 16.7 Å². The van der Waals surface area contributed by atoms with E-state index in [1.54, 1.807) is 0 Å². The van der Waals surface area contributed by atoms with Crippen LogP contribution >= 0.6 is 12.4 Å². The van der Waals surface area contributed by atoms with Crippen molar-refractivity contribution in [3.8, 4) is 11.1 Å². The second-order valence-electron chi connectivity index (χ2n) is 3.49. The highest BCUT2D eigenvalue weighted by Gasteiger charge is 1.96. The molecule has 2 rings (SSSR count). The molecular formula is C13H14ClN. The van der Waals surface area contributed by atoms with Gasteiger partial charge in [-0.2, -0.15) is 0 Å². The van der Waals surface area contributed by atoms with E-state index in [0.717, 1.165) is 5.69 Å². The van der Waals surface area contributed by atoms with E-state index in [0.29, 0.717) is 0 Å². The van der Waals surface area contributed by atoms with Crippen LogP contribution < -0.4 is 5.73 Å². The van der Waals surface area contributed by atoms with Gasteiger partial charge in [-0.25, -0.2) is 0 Å². The highest BCUT2D eigenvalue weighted by Crippen LogP contribution is 2.21. The van der Waals surface area contributed by atoms with Crippen LogP contribution in [-0.2, 0) is 0 Å². The molecule has 0 aliphatic carbocycles. The van der Waals surface area contributed by atoms with Crippen LogP contribution in [0.1, 0.15) is 5.56 Å². The van der Waals surface area contributed by atoms with Crippen molar-refractivity contribution in [1.82, 2.24) is 0 Å². The molecule has 0 fully saturated rings. The number of rotatable bonds is 1. The lowest BCUT2D eigenvalue weighted by molar-refractivity contribution is 1.47. The van der Waals surface area contributed by atoms with Crippen molar-refractivity contribution >= 4 is 18.1 Å². The van der Waals surface area contributed by atoms with Gasteiger partial charge in [0, 0.05) is 5.69 Å². The fourth-order valence-corrected chi connectivity index (χ4v) is 1.50. The predicted octanol–water partition coefficient (Wildman–Crippen LogP) is 3.67. The van der Waals surface area contributed by atoms with E-state index in [1.807, 2.05) is 24.3 Å².